The van der Waals surface area contributed by atoms with Crippen molar-refractivity contribution in [2.24, 2.45) is 0 Å². The predicted octanol–water partition coefficient (Wildman–Crippen LogP) is 0.796. The number of piperazine rings is 1. The van der Waals surface area contributed by atoms with E-state index < -0.39 is 0 Å². The molecule has 3 aromatic heterocycles. The van der Waals surface area contributed by atoms with Gasteiger partial charge in [-0.2, -0.15) is 5.10 Å². The van der Waals surface area contributed by atoms with Gasteiger partial charge in [0.25, 0.3) is 11.5 Å². The Morgan fingerprint density at radius 1 is 1.34 bits per heavy atom. The van der Waals surface area contributed by atoms with Crippen LogP contribution in [-0.4, -0.2) is 63.1 Å². The minimum absolute atomic E-state index is 0.0813. The lowest BCUT2D eigenvalue weighted by molar-refractivity contribution is 0.0958. The lowest BCUT2D eigenvalue weighted by Gasteiger charge is -2.41. The second-order valence-electron chi connectivity index (χ2n) is 7.49. The molecule has 1 aliphatic rings. The summed E-state index contributed by atoms with van der Waals surface area (Å²) in [5, 5.41) is 7.17. The fraction of sp³-hybridized carbons (Fsp3) is 0.400. The number of amides is 1. The highest BCUT2D eigenvalue weighted by molar-refractivity contribution is 5.92. The number of hydrogen-bond acceptors (Lipinski definition) is 6. The van der Waals surface area contributed by atoms with Crippen molar-refractivity contribution in [1.29, 1.82) is 0 Å². The number of nitrogens with zero attached hydrogens (tertiary/aromatic N) is 5. The van der Waals surface area contributed by atoms with Crippen molar-refractivity contribution >= 4 is 17.2 Å². The average molecular weight is 395 g/mol. The van der Waals surface area contributed by atoms with Gasteiger partial charge in [-0.15, -0.1) is 0 Å². The zero-order valence-electron chi connectivity index (χ0n) is 16.8. The molecule has 1 atom stereocenters. The quantitative estimate of drug-likeness (QED) is 0.678. The van der Waals surface area contributed by atoms with Crippen LogP contribution in [0.1, 0.15) is 28.7 Å². The molecule has 1 aliphatic heterocycles. The van der Waals surface area contributed by atoms with Crippen LogP contribution in [0.15, 0.2) is 35.4 Å². The molecular formula is C20H25N7O2. The van der Waals surface area contributed by atoms with Gasteiger partial charge < -0.3 is 15.2 Å². The summed E-state index contributed by atoms with van der Waals surface area (Å²) in [5.74, 6) is -0.182. The van der Waals surface area contributed by atoms with Crippen LogP contribution in [-0.2, 0) is 6.54 Å². The van der Waals surface area contributed by atoms with Crippen molar-refractivity contribution in [2.75, 3.05) is 31.6 Å². The van der Waals surface area contributed by atoms with E-state index in [1.54, 1.807) is 36.9 Å². The summed E-state index contributed by atoms with van der Waals surface area (Å²) in [6.07, 6.45) is 3.52. The Hall–Kier alpha value is -3.20. The van der Waals surface area contributed by atoms with E-state index in [-0.39, 0.29) is 11.5 Å². The summed E-state index contributed by atoms with van der Waals surface area (Å²) < 4.78 is 1.73. The molecule has 2 N–H and O–H groups in total. The largest absolute Gasteiger partial charge is 0.365 e. The van der Waals surface area contributed by atoms with Gasteiger partial charge in [0.05, 0.1) is 17.6 Å². The highest BCUT2D eigenvalue weighted by Crippen LogP contribution is 2.21. The lowest BCUT2D eigenvalue weighted by atomic mass is 10.1. The number of anilines is 1. The van der Waals surface area contributed by atoms with Crippen LogP contribution in [0.4, 0.5) is 5.69 Å². The number of aryl methyl sites for hydroxylation is 1. The first-order chi connectivity index (χ1) is 13.9. The highest BCUT2D eigenvalue weighted by Gasteiger charge is 2.25. The molecule has 0 bridgehead atoms. The Morgan fingerprint density at radius 3 is 2.86 bits per heavy atom. The molecule has 0 aliphatic carbocycles. The fourth-order valence-electron chi connectivity index (χ4n) is 3.78. The molecule has 152 valence electrons. The molecule has 0 spiro atoms. The number of fused-ring (bicyclic) bond motifs is 1. The molecule has 4 rings (SSSR count). The van der Waals surface area contributed by atoms with E-state index in [1.807, 2.05) is 12.1 Å². The summed E-state index contributed by atoms with van der Waals surface area (Å²) in [5.41, 5.74) is 3.65. The zero-order chi connectivity index (χ0) is 20.5. The summed E-state index contributed by atoms with van der Waals surface area (Å²) in [6, 6.07) is 5.94. The van der Waals surface area contributed by atoms with Gasteiger partial charge in [-0.3, -0.25) is 14.5 Å². The van der Waals surface area contributed by atoms with Crippen molar-refractivity contribution in [1.82, 2.24) is 29.8 Å². The number of hydrogen-bond donors (Lipinski definition) is 2. The topological polar surface area (TPSA) is 98.6 Å². The van der Waals surface area contributed by atoms with Gasteiger partial charge in [0.15, 0.2) is 0 Å². The molecule has 1 amide bonds. The molecule has 1 fully saturated rings. The number of aromatic amines is 1. The van der Waals surface area contributed by atoms with Crippen LogP contribution >= 0.6 is 0 Å². The van der Waals surface area contributed by atoms with E-state index in [1.165, 1.54) is 0 Å². The van der Waals surface area contributed by atoms with E-state index in [4.69, 9.17) is 0 Å². The number of rotatable bonds is 4. The third kappa shape index (κ3) is 3.86. The molecule has 29 heavy (non-hydrogen) atoms. The second kappa shape index (κ2) is 7.67. The molecule has 0 aromatic carbocycles. The first-order valence-electron chi connectivity index (χ1n) is 9.70. The van der Waals surface area contributed by atoms with E-state index in [2.05, 4.69) is 37.1 Å². The molecule has 0 radical (unpaired) electrons. The van der Waals surface area contributed by atoms with Crippen molar-refractivity contribution in [3.8, 4) is 0 Å². The van der Waals surface area contributed by atoms with Gasteiger partial charge >= 0.3 is 0 Å². The SMILES string of the molecule is CNC(=O)c1ccc(N2CCN(Cc3cc4[nH]c(=O)c(C)cn4n3)CC2C)cn1. The summed E-state index contributed by atoms with van der Waals surface area (Å²) >= 11 is 0. The number of pyridine rings is 1. The van der Waals surface area contributed by atoms with E-state index >= 15 is 0 Å². The smallest absolute Gasteiger partial charge is 0.269 e. The third-order valence-electron chi connectivity index (χ3n) is 5.34. The summed E-state index contributed by atoms with van der Waals surface area (Å²) in [7, 11) is 1.60. The Labute approximate surface area is 168 Å². The molecule has 0 saturated carbocycles. The maximum atomic E-state index is 11.8. The van der Waals surface area contributed by atoms with Gasteiger partial charge in [0.2, 0.25) is 0 Å². The summed E-state index contributed by atoms with van der Waals surface area (Å²) in [4.78, 5) is 35.2. The van der Waals surface area contributed by atoms with Crippen LogP contribution in [0.3, 0.4) is 0 Å². The first-order valence-corrected chi connectivity index (χ1v) is 9.70. The molecule has 9 heteroatoms. The molecule has 3 aromatic rings. The molecular weight excluding hydrogens is 370 g/mol. The number of carbonyl (C=O) groups excluding carboxylic acids is 1. The normalized spacial score (nSPS) is 17.6. The zero-order valence-corrected chi connectivity index (χ0v) is 16.8. The maximum Gasteiger partial charge on any atom is 0.269 e. The minimum Gasteiger partial charge on any atom is -0.365 e. The Morgan fingerprint density at radius 2 is 2.17 bits per heavy atom. The monoisotopic (exact) mass is 395 g/mol. The number of H-pyrrole nitrogens is 1. The van der Waals surface area contributed by atoms with Gasteiger partial charge in [0.1, 0.15) is 11.3 Å². The lowest BCUT2D eigenvalue weighted by Crippen LogP contribution is -2.51. The van der Waals surface area contributed by atoms with Gasteiger partial charge in [-0.05, 0) is 26.0 Å². The van der Waals surface area contributed by atoms with Crippen LogP contribution in [0.25, 0.3) is 5.65 Å². The Balaban J connectivity index is 1.42. The first kappa shape index (κ1) is 19.1. The van der Waals surface area contributed by atoms with Crippen molar-refractivity contribution < 1.29 is 4.79 Å². The standard InChI is InChI=1S/C20H25N7O2/c1-13-10-27-18(23-19(13)28)8-15(24-27)12-25-6-7-26(14(2)11-25)16-4-5-17(22-9-16)20(29)21-3/h4-5,8-10,14H,6-7,11-12H2,1-3H3,(H,21,29)(H,23,28). The third-order valence-corrected chi connectivity index (χ3v) is 5.34. The number of carbonyl (C=O) groups is 1. The Bertz CT molecular complexity index is 1090. The van der Waals surface area contributed by atoms with Crippen LogP contribution in [0, 0.1) is 6.92 Å². The average Bonchev–Trinajstić information content (AvgIpc) is 3.09. The molecule has 1 saturated heterocycles. The highest BCUT2D eigenvalue weighted by atomic mass is 16.1. The van der Waals surface area contributed by atoms with Crippen LogP contribution in [0.2, 0.25) is 0 Å². The van der Waals surface area contributed by atoms with Gasteiger partial charge in [0, 0.05) is 57.1 Å². The van der Waals surface area contributed by atoms with Crippen LogP contribution < -0.4 is 15.8 Å². The van der Waals surface area contributed by atoms with Gasteiger partial charge in [-0.1, -0.05) is 0 Å². The van der Waals surface area contributed by atoms with E-state index in [9.17, 15) is 9.59 Å². The van der Waals surface area contributed by atoms with E-state index in [0.717, 1.165) is 37.6 Å². The fourth-order valence-corrected chi connectivity index (χ4v) is 3.78. The Kier molecular flexibility index (Phi) is 5.06. The van der Waals surface area contributed by atoms with Crippen molar-refractivity contribution in [2.45, 2.75) is 26.4 Å². The maximum absolute atomic E-state index is 11.8. The molecule has 9 nitrogen and oxygen atoms in total. The number of nitrogens with one attached hydrogen (secondary N) is 2. The molecule has 4 heterocycles. The second-order valence-corrected chi connectivity index (χ2v) is 7.49. The number of aromatic nitrogens is 4. The van der Waals surface area contributed by atoms with Crippen molar-refractivity contribution in [3.63, 3.8) is 0 Å². The van der Waals surface area contributed by atoms with Gasteiger partial charge in [-0.25, -0.2) is 9.50 Å². The van der Waals surface area contributed by atoms with E-state index in [0.29, 0.717) is 22.9 Å². The summed E-state index contributed by atoms with van der Waals surface area (Å²) in [6.45, 7) is 7.34. The predicted molar refractivity (Wildman–Crippen MR) is 110 cm³/mol. The minimum atomic E-state index is -0.182. The molecule has 1 unspecified atom stereocenters. The van der Waals surface area contributed by atoms with Crippen molar-refractivity contribution in [3.05, 3.63) is 57.9 Å². The van der Waals surface area contributed by atoms with Crippen LogP contribution in [0.5, 0.6) is 0 Å².